The number of likely N-dealkylation sites (tertiary alicyclic amines) is 1. The molecule has 3 heterocycles. The number of para-hydroxylation sites is 2. The number of unbranched alkanes of at least 4 members (excludes halogenated alkanes) is 1. The number of ether oxygens (including phenoxy) is 1. The summed E-state index contributed by atoms with van der Waals surface area (Å²) in [6.45, 7) is 8.94. The van der Waals surface area contributed by atoms with Crippen molar-refractivity contribution in [3.8, 4) is 0 Å². The van der Waals surface area contributed by atoms with Crippen molar-refractivity contribution in [2.24, 2.45) is 0 Å². The summed E-state index contributed by atoms with van der Waals surface area (Å²) in [5.41, 5.74) is 2.74. The van der Waals surface area contributed by atoms with Crippen LogP contribution >= 0.6 is 11.8 Å². The molecule has 0 atom stereocenters. The number of morpholine rings is 1. The normalized spacial score (nSPS) is 20.7. The lowest BCUT2D eigenvalue weighted by molar-refractivity contribution is 0.000827. The molecule has 4 nitrogen and oxygen atoms in total. The molecule has 0 radical (unpaired) electrons. The molecule has 0 unspecified atom stereocenters. The van der Waals surface area contributed by atoms with Crippen LogP contribution in [0.2, 0.25) is 0 Å². The maximum absolute atomic E-state index is 5.51. The molecule has 3 aliphatic heterocycles. The monoisotopic (exact) mass is 423 g/mol. The number of piperidine rings is 1. The quantitative estimate of drug-likeness (QED) is 0.616. The Morgan fingerprint density at radius 3 is 2.03 bits per heavy atom. The van der Waals surface area contributed by atoms with E-state index in [1.165, 1.54) is 66.5 Å². The molecule has 160 valence electrons. The molecule has 3 aliphatic rings. The van der Waals surface area contributed by atoms with Crippen molar-refractivity contribution < 1.29 is 4.74 Å². The Hall–Kier alpha value is -1.53. The second-order valence-corrected chi connectivity index (χ2v) is 9.70. The van der Waals surface area contributed by atoms with Crippen molar-refractivity contribution in [2.45, 2.75) is 41.5 Å². The molecular formula is C25H33N3OS. The number of hydrogen-bond acceptors (Lipinski definition) is 5. The van der Waals surface area contributed by atoms with E-state index in [-0.39, 0.29) is 0 Å². The number of benzene rings is 2. The van der Waals surface area contributed by atoms with Crippen molar-refractivity contribution in [2.75, 3.05) is 57.4 Å². The Morgan fingerprint density at radius 2 is 1.37 bits per heavy atom. The van der Waals surface area contributed by atoms with Crippen molar-refractivity contribution in [3.05, 3.63) is 48.5 Å². The first-order chi connectivity index (χ1) is 14.9. The molecule has 0 bridgehead atoms. The summed E-state index contributed by atoms with van der Waals surface area (Å²) in [4.78, 5) is 10.6. The third-order valence-corrected chi connectivity index (χ3v) is 7.89. The van der Waals surface area contributed by atoms with E-state index in [2.05, 4.69) is 63.2 Å². The van der Waals surface area contributed by atoms with Crippen LogP contribution in [-0.4, -0.2) is 68.3 Å². The molecule has 2 fully saturated rings. The largest absolute Gasteiger partial charge is 0.379 e. The van der Waals surface area contributed by atoms with Gasteiger partial charge in [0, 0.05) is 35.5 Å². The SMILES string of the molecule is c1ccc2c(c1)Sc1ccccc1N2CCCCN1CCC(N2CCOCC2)CC1. The Morgan fingerprint density at radius 1 is 0.767 bits per heavy atom. The van der Waals surface area contributed by atoms with Gasteiger partial charge in [0.05, 0.1) is 24.6 Å². The predicted molar refractivity (Wildman–Crippen MR) is 125 cm³/mol. The summed E-state index contributed by atoms with van der Waals surface area (Å²) < 4.78 is 5.51. The van der Waals surface area contributed by atoms with Crippen LogP contribution in [0, 0.1) is 0 Å². The zero-order valence-corrected chi connectivity index (χ0v) is 18.7. The highest BCUT2D eigenvalue weighted by molar-refractivity contribution is 7.99. The van der Waals surface area contributed by atoms with Crippen molar-refractivity contribution in [1.29, 1.82) is 0 Å². The van der Waals surface area contributed by atoms with Gasteiger partial charge in [0.25, 0.3) is 0 Å². The van der Waals surface area contributed by atoms with Crippen LogP contribution in [0.5, 0.6) is 0 Å². The van der Waals surface area contributed by atoms with Crippen molar-refractivity contribution in [1.82, 2.24) is 9.80 Å². The second kappa shape index (κ2) is 9.73. The number of anilines is 2. The maximum atomic E-state index is 5.51. The van der Waals surface area contributed by atoms with Gasteiger partial charge in [-0.25, -0.2) is 0 Å². The standard InChI is InChI=1S/C25H33N3OS/c1-3-9-24-22(7-1)28(23-8-2-4-10-25(23)30-24)14-6-5-13-26-15-11-21(12-16-26)27-17-19-29-20-18-27/h1-4,7-10,21H,5-6,11-20H2. The van der Waals surface area contributed by atoms with E-state index in [4.69, 9.17) is 4.74 Å². The first kappa shape index (κ1) is 20.4. The van der Waals surface area contributed by atoms with Gasteiger partial charge in [0.2, 0.25) is 0 Å². The van der Waals surface area contributed by atoms with E-state index in [0.29, 0.717) is 0 Å². The first-order valence-electron chi connectivity index (χ1n) is 11.6. The zero-order chi connectivity index (χ0) is 20.2. The summed E-state index contributed by atoms with van der Waals surface area (Å²) in [6.07, 6.45) is 5.15. The van der Waals surface area contributed by atoms with Crippen LogP contribution in [-0.2, 0) is 4.74 Å². The Bertz CT molecular complexity index is 785. The van der Waals surface area contributed by atoms with Gasteiger partial charge >= 0.3 is 0 Å². The number of rotatable bonds is 6. The molecule has 0 aromatic heterocycles. The van der Waals surface area contributed by atoms with Crippen molar-refractivity contribution in [3.63, 3.8) is 0 Å². The molecule has 2 aromatic carbocycles. The molecule has 2 saturated heterocycles. The third kappa shape index (κ3) is 4.54. The van der Waals surface area contributed by atoms with Gasteiger partial charge in [0.1, 0.15) is 0 Å². The van der Waals surface area contributed by atoms with E-state index >= 15 is 0 Å². The molecule has 2 aromatic rings. The smallest absolute Gasteiger partial charge is 0.0594 e. The minimum absolute atomic E-state index is 0.781. The van der Waals surface area contributed by atoms with Gasteiger partial charge in [0.15, 0.2) is 0 Å². The second-order valence-electron chi connectivity index (χ2n) is 8.62. The molecular weight excluding hydrogens is 390 g/mol. The van der Waals surface area contributed by atoms with E-state index in [1.54, 1.807) is 0 Å². The molecule has 30 heavy (non-hydrogen) atoms. The lowest BCUT2D eigenvalue weighted by atomic mass is 10.0. The first-order valence-corrected chi connectivity index (χ1v) is 12.4. The molecule has 0 saturated carbocycles. The minimum Gasteiger partial charge on any atom is -0.379 e. The van der Waals surface area contributed by atoms with Crippen LogP contribution in [0.25, 0.3) is 0 Å². The van der Waals surface area contributed by atoms with Gasteiger partial charge in [-0.3, -0.25) is 4.90 Å². The van der Waals surface area contributed by atoms with Crippen LogP contribution in [0.15, 0.2) is 58.3 Å². The fraction of sp³-hybridized carbons (Fsp3) is 0.520. The Kier molecular flexibility index (Phi) is 6.61. The van der Waals surface area contributed by atoms with E-state index < -0.39 is 0 Å². The number of hydrogen-bond donors (Lipinski definition) is 0. The maximum Gasteiger partial charge on any atom is 0.0594 e. The lowest BCUT2D eigenvalue weighted by Crippen LogP contribution is -2.49. The number of nitrogens with zero attached hydrogens (tertiary/aromatic N) is 3. The highest BCUT2D eigenvalue weighted by Crippen LogP contribution is 2.47. The highest BCUT2D eigenvalue weighted by Gasteiger charge is 2.26. The highest BCUT2D eigenvalue weighted by atomic mass is 32.2. The molecule has 0 amide bonds. The molecule has 5 rings (SSSR count). The van der Waals surface area contributed by atoms with Gasteiger partial charge < -0.3 is 14.5 Å². The summed E-state index contributed by atoms with van der Waals surface area (Å²) in [5.74, 6) is 0. The van der Waals surface area contributed by atoms with E-state index in [0.717, 1.165) is 38.9 Å². The fourth-order valence-corrected chi connectivity index (χ4v) is 6.17. The van der Waals surface area contributed by atoms with Crippen LogP contribution in [0.3, 0.4) is 0 Å². The topological polar surface area (TPSA) is 19.0 Å². The van der Waals surface area contributed by atoms with Gasteiger partial charge in [-0.1, -0.05) is 36.0 Å². The van der Waals surface area contributed by atoms with Gasteiger partial charge in [-0.2, -0.15) is 0 Å². The van der Waals surface area contributed by atoms with Crippen molar-refractivity contribution >= 4 is 23.1 Å². The Balaban J connectivity index is 1.11. The fourth-order valence-electron chi connectivity index (χ4n) is 5.08. The molecule has 5 heteroatoms. The lowest BCUT2D eigenvalue weighted by Gasteiger charge is -2.40. The van der Waals surface area contributed by atoms with Gasteiger partial charge in [-0.05, 0) is 69.6 Å². The van der Waals surface area contributed by atoms with Crippen LogP contribution < -0.4 is 4.90 Å². The van der Waals surface area contributed by atoms with Crippen LogP contribution in [0.1, 0.15) is 25.7 Å². The molecule has 0 N–H and O–H groups in total. The molecule has 0 spiro atoms. The summed E-state index contributed by atoms with van der Waals surface area (Å²) in [6, 6.07) is 18.5. The van der Waals surface area contributed by atoms with E-state index in [9.17, 15) is 0 Å². The third-order valence-electron chi connectivity index (χ3n) is 6.76. The minimum atomic E-state index is 0.781. The summed E-state index contributed by atoms with van der Waals surface area (Å²) in [5, 5.41) is 0. The molecule has 0 aliphatic carbocycles. The number of fused-ring (bicyclic) bond motifs is 2. The Labute approximate surface area is 185 Å². The van der Waals surface area contributed by atoms with Crippen LogP contribution in [0.4, 0.5) is 11.4 Å². The van der Waals surface area contributed by atoms with E-state index in [1.807, 2.05) is 11.8 Å². The average Bonchev–Trinajstić information content (AvgIpc) is 2.82. The van der Waals surface area contributed by atoms with Gasteiger partial charge in [-0.15, -0.1) is 0 Å². The predicted octanol–water partition coefficient (Wildman–Crippen LogP) is 4.87. The average molecular weight is 424 g/mol. The summed E-state index contributed by atoms with van der Waals surface area (Å²) in [7, 11) is 0. The summed E-state index contributed by atoms with van der Waals surface area (Å²) >= 11 is 1.90. The zero-order valence-electron chi connectivity index (χ0n) is 17.8.